The van der Waals surface area contributed by atoms with E-state index in [0.29, 0.717) is 5.56 Å². The molecule has 2 unspecified atom stereocenters. The number of hydrogen-bond acceptors (Lipinski definition) is 7. The van der Waals surface area contributed by atoms with E-state index in [0.717, 1.165) is 29.5 Å². The van der Waals surface area contributed by atoms with Crippen molar-refractivity contribution in [3.63, 3.8) is 0 Å². The topological polar surface area (TPSA) is 152 Å². The molecule has 0 aliphatic heterocycles. The van der Waals surface area contributed by atoms with Crippen LogP contribution in [-0.4, -0.2) is 44.9 Å². The fourth-order valence-corrected chi connectivity index (χ4v) is 7.81. The third kappa shape index (κ3) is 4.03. The second-order valence-corrected chi connectivity index (χ2v) is 12.5. The predicted octanol–water partition coefficient (Wildman–Crippen LogP) is 3.30. The number of carbonyl (C=O) groups is 5. The number of phenolic OH excluding ortho intramolecular Hbond substituents is 1. The van der Waals surface area contributed by atoms with Gasteiger partial charge in [-0.25, -0.2) is 0 Å². The Morgan fingerprint density at radius 2 is 1.76 bits per heavy atom. The van der Waals surface area contributed by atoms with Crippen LogP contribution in [-0.2, 0) is 32.0 Å². The molecule has 8 heteroatoms. The number of benzene rings is 2. The Hall–Kier alpha value is -4.17. The summed E-state index contributed by atoms with van der Waals surface area (Å²) in [4.78, 5) is 66.8. The van der Waals surface area contributed by atoms with Crippen molar-refractivity contribution < 1.29 is 34.2 Å². The fourth-order valence-electron chi connectivity index (χ4n) is 7.81. The van der Waals surface area contributed by atoms with Crippen LogP contribution in [0.4, 0.5) is 0 Å². The number of phenols is 1. The average molecular weight is 568 g/mol. The zero-order valence-corrected chi connectivity index (χ0v) is 23.5. The number of allylic oxidation sites excluding steroid dienone is 4. The number of carbonyl (C=O) groups excluding carboxylic acids is 5. The van der Waals surface area contributed by atoms with Gasteiger partial charge in [0, 0.05) is 11.8 Å². The number of primary amides is 1. The molecule has 0 spiro atoms. The Morgan fingerprint density at radius 1 is 1.05 bits per heavy atom. The lowest BCUT2D eigenvalue weighted by Crippen LogP contribution is -2.71. The van der Waals surface area contributed by atoms with Crippen LogP contribution in [0.25, 0.3) is 11.1 Å². The maximum absolute atomic E-state index is 14.0. The van der Waals surface area contributed by atoms with Gasteiger partial charge >= 0.3 is 0 Å². The number of Topliss-reactive ketones (excluding diaryl/α,β-unsaturated/α-hetero) is 4. The summed E-state index contributed by atoms with van der Waals surface area (Å²) in [5.74, 6) is -11.5. The quantitative estimate of drug-likeness (QED) is 0.469. The summed E-state index contributed by atoms with van der Waals surface area (Å²) in [6.45, 7) is 3.46. The number of ketones is 4. The van der Waals surface area contributed by atoms with Crippen LogP contribution in [0.5, 0.6) is 5.75 Å². The number of hydrogen-bond donors (Lipinski definition) is 3. The first kappa shape index (κ1) is 28.0. The molecule has 2 aromatic rings. The maximum atomic E-state index is 14.0. The summed E-state index contributed by atoms with van der Waals surface area (Å²) in [6.07, 6.45) is 8.34. The average Bonchev–Trinajstić information content (AvgIpc) is 3.44. The van der Waals surface area contributed by atoms with Crippen LogP contribution in [0, 0.1) is 35.5 Å². The molecule has 0 radical (unpaired) electrons. The van der Waals surface area contributed by atoms with Crippen LogP contribution in [0.2, 0.25) is 0 Å². The molecule has 0 aromatic heterocycles. The highest BCUT2D eigenvalue weighted by atomic mass is 16.3. The van der Waals surface area contributed by atoms with E-state index in [1.807, 2.05) is 30.3 Å². The standard InChI is InChI=1S/C34H33NO7/c1-16(2)25-23-15-20-14-22-21(19-9-7-18(8-10-19)13-17-5-3-4-6-17)11-12-24(36)27(22)30(38)26(20)31(39)34(23,42)32(40)28(29(25)37)33(35)41/h3-5,7-12,16,20,23,25-26,28,36,42H,6,13-15H2,1-2H3,(H2,35,41)/t20-,23-,25-,26?,28?,34-/m0/s1. The van der Waals surface area contributed by atoms with Gasteiger partial charge in [-0.15, -0.1) is 0 Å². The molecular formula is C34H33NO7. The lowest BCUT2D eigenvalue weighted by atomic mass is 9.49. The molecule has 6 atom stereocenters. The van der Waals surface area contributed by atoms with Crippen LogP contribution in [0.3, 0.4) is 0 Å². The lowest BCUT2D eigenvalue weighted by molar-refractivity contribution is -0.182. The van der Waals surface area contributed by atoms with Gasteiger partial charge in [-0.05, 0) is 65.8 Å². The Kier molecular flexibility index (Phi) is 6.65. The molecular weight excluding hydrogens is 534 g/mol. The van der Waals surface area contributed by atoms with Crippen LogP contribution in [0.1, 0.15) is 48.2 Å². The summed E-state index contributed by atoms with van der Waals surface area (Å²) in [6, 6.07) is 11.2. The molecule has 2 saturated carbocycles. The molecule has 216 valence electrons. The van der Waals surface area contributed by atoms with Crippen molar-refractivity contribution in [3.8, 4) is 16.9 Å². The highest BCUT2D eigenvalue weighted by Crippen LogP contribution is 2.53. The summed E-state index contributed by atoms with van der Waals surface area (Å²) in [5.41, 5.74) is 7.38. The predicted molar refractivity (Wildman–Crippen MR) is 153 cm³/mol. The zero-order chi connectivity index (χ0) is 30.1. The molecule has 1 amide bonds. The lowest BCUT2D eigenvalue weighted by Gasteiger charge is -2.52. The number of amides is 1. The van der Waals surface area contributed by atoms with Gasteiger partial charge in [-0.2, -0.15) is 0 Å². The normalized spacial score (nSPS) is 30.2. The van der Waals surface area contributed by atoms with Gasteiger partial charge in [0.05, 0.1) is 11.5 Å². The highest BCUT2D eigenvalue weighted by Gasteiger charge is 2.69. The van der Waals surface area contributed by atoms with E-state index >= 15 is 0 Å². The van der Waals surface area contributed by atoms with E-state index in [9.17, 15) is 34.2 Å². The molecule has 0 bridgehead atoms. The summed E-state index contributed by atoms with van der Waals surface area (Å²) >= 11 is 0. The fraction of sp³-hybridized carbons (Fsp3) is 0.382. The molecule has 2 aromatic carbocycles. The number of nitrogens with two attached hydrogens (primary N) is 1. The van der Waals surface area contributed by atoms with Crippen LogP contribution < -0.4 is 5.73 Å². The first-order valence-corrected chi connectivity index (χ1v) is 14.4. The Balaban J connectivity index is 1.40. The van der Waals surface area contributed by atoms with Gasteiger partial charge in [0.2, 0.25) is 5.91 Å². The van der Waals surface area contributed by atoms with Gasteiger partial charge < -0.3 is 15.9 Å². The van der Waals surface area contributed by atoms with Crippen molar-refractivity contribution in [1.29, 1.82) is 0 Å². The van der Waals surface area contributed by atoms with Crippen molar-refractivity contribution in [2.24, 2.45) is 41.2 Å². The van der Waals surface area contributed by atoms with E-state index in [4.69, 9.17) is 5.73 Å². The van der Waals surface area contributed by atoms with Crippen molar-refractivity contribution >= 4 is 29.0 Å². The van der Waals surface area contributed by atoms with Crippen molar-refractivity contribution in [3.05, 3.63) is 76.9 Å². The SMILES string of the molecule is CC(C)[C@@H]1C(=O)C(C(N)=O)C(=O)[C@@]2(O)C(=O)C3C(=O)c4c(O)ccc(-c5ccc(CC6=CC=CC6)cc5)c4C[C@H]3C[C@@H]12. The van der Waals surface area contributed by atoms with E-state index in [-0.39, 0.29) is 24.2 Å². The molecule has 42 heavy (non-hydrogen) atoms. The second kappa shape index (κ2) is 9.98. The molecule has 0 saturated heterocycles. The van der Waals surface area contributed by atoms with Gasteiger partial charge in [-0.1, -0.05) is 68.0 Å². The number of rotatable bonds is 5. The summed E-state index contributed by atoms with van der Waals surface area (Å²) in [7, 11) is 0. The number of fused-ring (bicyclic) bond motifs is 3. The van der Waals surface area contributed by atoms with E-state index in [2.05, 4.69) is 12.2 Å². The van der Waals surface area contributed by atoms with Crippen LogP contribution >= 0.6 is 0 Å². The van der Waals surface area contributed by atoms with Crippen molar-refractivity contribution in [2.75, 3.05) is 0 Å². The Labute approximate surface area is 243 Å². The Morgan fingerprint density at radius 3 is 2.38 bits per heavy atom. The van der Waals surface area contributed by atoms with Crippen molar-refractivity contribution in [1.82, 2.24) is 0 Å². The monoisotopic (exact) mass is 567 g/mol. The minimum atomic E-state index is -2.69. The smallest absolute Gasteiger partial charge is 0.235 e. The van der Waals surface area contributed by atoms with E-state index < -0.39 is 70.1 Å². The van der Waals surface area contributed by atoms with Gasteiger partial charge in [-0.3, -0.25) is 24.0 Å². The first-order chi connectivity index (χ1) is 19.9. The van der Waals surface area contributed by atoms with Gasteiger partial charge in [0.1, 0.15) is 5.75 Å². The van der Waals surface area contributed by atoms with Crippen molar-refractivity contribution in [2.45, 2.75) is 45.1 Å². The maximum Gasteiger partial charge on any atom is 0.235 e. The first-order valence-electron chi connectivity index (χ1n) is 14.4. The number of aliphatic hydroxyl groups is 1. The third-order valence-corrected chi connectivity index (χ3v) is 9.74. The molecule has 2 fully saturated rings. The summed E-state index contributed by atoms with van der Waals surface area (Å²) in [5, 5.41) is 22.5. The molecule has 4 aliphatic rings. The molecule has 4 aliphatic carbocycles. The molecule has 8 nitrogen and oxygen atoms in total. The second-order valence-electron chi connectivity index (χ2n) is 12.5. The number of aromatic hydroxyl groups is 1. The zero-order valence-electron chi connectivity index (χ0n) is 23.5. The molecule has 4 N–H and O–H groups in total. The molecule has 6 rings (SSSR count). The summed E-state index contributed by atoms with van der Waals surface area (Å²) < 4.78 is 0. The minimum absolute atomic E-state index is 0.00149. The van der Waals surface area contributed by atoms with E-state index in [1.54, 1.807) is 19.9 Å². The third-order valence-electron chi connectivity index (χ3n) is 9.74. The van der Waals surface area contributed by atoms with Crippen LogP contribution in [0.15, 0.2) is 60.2 Å². The molecule has 0 heterocycles. The minimum Gasteiger partial charge on any atom is -0.507 e. The van der Waals surface area contributed by atoms with E-state index in [1.165, 1.54) is 11.6 Å². The Bertz CT molecular complexity index is 1610. The van der Waals surface area contributed by atoms with Gasteiger partial charge in [0.25, 0.3) is 0 Å². The van der Waals surface area contributed by atoms with Gasteiger partial charge in [0.15, 0.2) is 34.7 Å². The largest absolute Gasteiger partial charge is 0.507 e. The highest BCUT2D eigenvalue weighted by molar-refractivity contribution is 6.32.